The summed E-state index contributed by atoms with van der Waals surface area (Å²) in [4.78, 5) is 0. The molecule has 2 rings (SSSR count). The van der Waals surface area contributed by atoms with Crippen LogP contribution in [0.15, 0.2) is 24.3 Å². The Hall–Kier alpha value is -1.01. The summed E-state index contributed by atoms with van der Waals surface area (Å²) in [5.74, 6) is -0.928. The van der Waals surface area contributed by atoms with Crippen LogP contribution < -0.4 is 0 Å². The number of sulfonamides is 1. The zero-order valence-corrected chi connectivity index (χ0v) is 10.8. The molecule has 0 atom stereocenters. The van der Waals surface area contributed by atoms with Gasteiger partial charge in [0.25, 0.3) is 0 Å². The lowest BCUT2D eigenvalue weighted by atomic mass is 10.1. The van der Waals surface area contributed by atoms with E-state index in [4.69, 9.17) is 0 Å². The van der Waals surface area contributed by atoms with E-state index in [0.717, 1.165) is 9.87 Å². The van der Waals surface area contributed by atoms with Crippen molar-refractivity contribution in [3.8, 4) is 0 Å². The summed E-state index contributed by atoms with van der Waals surface area (Å²) in [6.45, 7) is 1.75. The Labute approximate surface area is 105 Å². The molecule has 1 saturated heterocycles. The van der Waals surface area contributed by atoms with E-state index in [1.54, 1.807) is 18.2 Å². The standard InChI is InChI=1S/C12H15F2NO2S/c1-9-3-2-4-10(5-9)8-18(16,17)15-6-11(7-15)12(13)14/h2-5,11-12H,6-8H2,1H3. The first-order valence-electron chi connectivity index (χ1n) is 5.70. The number of benzene rings is 1. The third-order valence-electron chi connectivity index (χ3n) is 3.06. The molecule has 100 valence electrons. The van der Waals surface area contributed by atoms with Gasteiger partial charge in [0.05, 0.1) is 5.75 Å². The highest BCUT2D eigenvalue weighted by atomic mass is 32.2. The van der Waals surface area contributed by atoms with E-state index in [9.17, 15) is 17.2 Å². The van der Waals surface area contributed by atoms with E-state index in [0.29, 0.717) is 5.56 Å². The Bertz CT molecular complexity index is 525. The topological polar surface area (TPSA) is 37.4 Å². The van der Waals surface area contributed by atoms with Gasteiger partial charge in [-0.25, -0.2) is 21.5 Å². The summed E-state index contributed by atoms with van der Waals surface area (Å²) in [5.41, 5.74) is 1.67. The minimum atomic E-state index is -3.46. The molecule has 0 saturated carbocycles. The maximum atomic E-state index is 12.3. The van der Waals surface area contributed by atoms with Crippen molar-refractivity contribution in [3.63, 3.8) is 0 Å². The van der Waals surface area contributed by atoms with E-state index in [2.05, 4.69) is 0 Å². The second-order valence-electron chi connectivity index (χ2n) is 4.66. The SMILES string of the molecule is Cc1cccc(CS(=O)(=O)N2CC(C(F)F)C2)c1. The van der Waals surface area contributed by atoms with Crippen molar-refractivity contribution in [1.82, 2.24) is 4.31 Å². The van der Waals surface area contributed by atoms with Crippen LogP contribution in [0, 0.1) is 12.8 Å². The van der Waals surface area contributed by atoms with Crippen molar-refractivity contribution in [2.45, 2.75) is 19.1 Å². The van der Waals surface area contributed by atoms with Crippen LogP contribution in [0.1, 0.15) is 11.1 Å². The Morgan fingerprint density at radius 2 is 2.06 bits per heavy atom. The molecule has 3 nitrogen and oxygen atoms in total. The normalized spacial score (nSPS) is 18.0. The van der Waals surface area contributed by atoms with Gasteiger partial charge in [0.15, 0.2) is 0 Å². The first kappa shape index (κ1) is 13.4. The van der Waals surface area contributed by atoms with Gasteiger partial charge in [-0.15, -0.1) is 0 Å². The molecule has 1 aromatic rings. The molecule has 0 aliphatic carbocycles. The molecule has 0 radical (unpaired) electrons. The summed E-state index contributed by atoms with van der Waals surface area (Å²) in [5, 5.41) is 0. The second kappa shape index (κ2) is 4.93. The zero-order valence-electron chi connectivity index (χ0n) is 10.0. The molecule has 1 aromatic carbocycles. The van der Waals surface area contributed by atoms with Crippen LogP contribution in [-0.2, 0) is 15.8 Å². The average Bonchev–Trinajstić information content (AvgIpc) is 2.12. The number of hydrogen-bond donors (Lipinski definition) is 0. The Morgan fingerprint density at radius 1 is 1.39 bits per heavy atom. The zero-order chi connectivity index (χ0) is 13.3. The quantitative estimate of drug-likeness (QED) is 0.843. The van der Waals surface area contributed by atoms with E-state index in [1.165, 1.54) is 0 Å². The highest BCUT2D eigenvalue weighted by Crippen LogP contribution is 2.26. The Kier molecular flexibility index (Phi) is 3.68. The van der Waals surface area contributed by atoms with Crippen molar-refractivity contribution >= 4 is 10.0 Å². The molecule has 1 fully saturated rings. The molecule has 1 heterocycles. The number of hydrogen-bond acceptors (Lipinski definition) is 2. The van der Waals surface area contributed by atoms with Gasteiger partial charge in [0, 0.05) is 19.0 Å². The highest BCUT2D eigenvalue weighted by Gasteiger charge is 2.40. The van der Waals surface area contributed by atoms with E-state index in [1.807, 2.05) is 13.0 Å². The van der Waals surface area contributed by atoms with Gasteiger partial charge in [-0.2, -0.15) is 0 Å². The first-order chi connectivity index (χ1) is 8.38. The van der Waals surface area contributed by atoms with Crippen molar-refractivity contribution in [3.05, 3.63) is 35.4 Å². The van der Waals surface area contributed by atoms with Gasteiger partial charge in [-0.1, -0.05) is 29.8 Å². The maximum Gasteiger partial charge on any atom is 0.243 e. The fraction of sp³-hybridized carbons (Fsp3) is 0.500. The molecule has 0 unspecified atom stereocenters. The monoisotopic (exact) mass is 275 g/mol. The van der Waals surface area contributed by atoms with Crippen molar-refractivity contribution in [1.29, 1.82) is 0 Å². The van der Waals surface area contributed by atoms with E-state index < -0.39 is 22.4 Å². The molecule has 1 aliphatic rings. The van der Waals surface area contributed by atoms with Crippen molar-refractivity contribution < 1.29 is 17.2 Å². The van der Waals surface area contributed by atoms with Crippen LogP contribution in [0.25, 0.3) is 0 Å². The summed E-state index contributed by atoms with van der Waals surface area (Å²) in [6.07, 6.45) is -2.43. The van der Waals surface area contributed by atoms with Gasteiger partial charge in [0.2, 0.25) is 16.4 Å². The van der Waals surface area contributed by atoms with Crippen LogP contribution in [0.4, 0.5) is 8.78 Å². The predicted octanol–water partition coefficient (Wildman–Crippen LogP) is 2.02. The minimum absolute atomic E-state index is 0.0637. The lowest BCUT2D eigenvalue weighted by Gasteiger charge is -2.37. The Morgan fingerprint density at radius 3 is 2.61 bits per heavy atom. The largest absolute Gasteiger partial charge is 0.243 e. The summed E-state index contributed by atoms with van der Waals surface area (Å²) < 4.78 is 49.6. The van der Waals surface area contributed by atoms with Crippen molar-refractivity contribution in [2.75, 3.05) is 13.1 Å². The molecule has 0 amide bonds. The minimum Gasteiger partial charge on any atom is -0.212 e. The third-order valence-corrected chi connectivity index (χ3v) is 4.84. The molecular formula is C12H15F2NO2S. The third kappa shape index (κ3) is 2.87. The summed E-state index contributed by atoms with van der Waals surface area (Å²) in [6, 6.07) is 7.20. The molecule has 6 heteroatoms. The maximum absolute atomic E-state index is 12.3. The van der Waals surface area contributed by atoms with Crippen LogP contribution in [0.2, 0.25) is 0 Å². The molecular weight excluding hydrogens is 260 g/mol. The lowest BCUT2D eigenvalue weighted by Crippen LogP contribution is -2.52. The smallest absolute Gasteiger partial charge is 0.212 e. The van der Waals surface area contributed by atoms with Crippen molar-refractivity contribution in [2.24, 2.45) is 5.92 Å². The Balaban J connectivity index is 2.01. The average molecular weight is 275 g/mol. The molecule has 18 heavy (non-hydrogen) atoms. The van der Waals surface area contributed by atoms with Gasteiger partial charge in [-0.05, 0) is 12.5 Å². The van der Waals surface area contributed by atoms with Gasteiger partial charge < -0.3 is 0 Å². The summed E-state index contributed by atoms with van der Waals surface area (Å²) in [7, 11) is -3.46. The predicted molar refractivity (Wildman–Crippen MR) is 64.9 cm³/mol. The number of nitrogens with zero attached hydrogens (tertiary/aromatic N) is 1. The molecule has 1 aliphatic heterocycles. The molecule has 0 bridgehead atoms. The first-order valence-corrected chi connectivity index (χ1v) is 7.31. The van der Waals surface area contributed by atoms with E-state index >= 15 is 0 Å². The molecule has 0 N–H and O–H groups in total. The van der Waals surface area contributed by atoms with E-state index in [-0.39, 0.29) is 18.8 Å². The number of alkyl halides is 2. The second-order valence-corrected chi connectivity index (χ2v) is 6.63. The van der Waals surface area contributed by atoms with Crippen LogP contribution in [0.5, 0.6) is 0 Å². The lowest BCUT2D eigenvalue weighted by molar-refractivity contribution is 0.0123. The fourth-order valence-corrected chi connectivity index (χ4v) is 3.58. The highest BCUT2D eigenvalue weighted by molar-refractivity contribution is 7.88. The fourth-order valence-electron chi connectivity index (χ4n) is 1.96. The number of halogens is 2. The number of aryl methyl sites for hydroxylation is 1. The van der Waals surface area contributed by atoms with Gasteiger partial charge in [-0.3, -0.25) is 0 Å². The van der Waals surface area contributed by atoms with Gasteiger partial charge in [0.1, 0.15) is 0 Å². The van der Waals surface area contributed by atoms with Crippen LogP contribution in [-0.4, -0.2) is 32.2 Å². The molecule has 0 spiro atoms. The number of rotatable bonds is 4. The summed E-state index contributed by atoms with van der Waals surface area (Å²) >= 11 is 0. The van der Waals surface area contributed by atoms with Gasteiger partial charge >= 0.3 is 0 Å². The molecule has 0 aromatic heterocycles. The van der Waals surface area contributed by atoms with Crippen LogP contribution >= 0.6 is 0 Å². The van der Waals surface area contributed by atoms with Crippen LogP contribution in [0.3, 0.4) is 0 Å².